The molecule has 4 nitrogen and oxygen atoms in total. The van der Waals surface area contributed by atoms with Gasteiger partial charge in [-0.05, 0) is 6.92 Å². The molecule has 0 aromatic heterocycles. The summed E-state index contributed by atoms with van der Waals surface area (Å²) in [7, 11) is 0. The Morgan fingerprint density at radius 2 is 2.00 bits per heavy atom. The Morgan fingerprint density at radius 1 is 1.56 bits per heavy atom. The van der Waals surface area contributed by atoms with Crippen LogP contribution in [0.3, 0.4) is 0 Å². The number of ether oxygens (including phenoxy) is 1. The summed E-state index contributed by atoms with van der Waals surface area (Å²) in [6, 6.07) is 0. The van der Waals surface area contributed by atoms with Crippen LogP contribution in [-0.2, 0) is 9.53 Å². The number of hydrogen-bond acceptors (Lipinski definition) is 3. The maximum Gasteiger partial charge on any atom is 0.412 e. The van der Waals surface area contributed by atoms with Crippen LogP contribution in [0, 0.1) is 0 Å². The molecule has 0 spiro atoms. The second-order valence-electron chi connectivity index (χ2n) is 1.49. The van der Waals surface area contributed by atoms with Gasteiger partial charge in [-0.1, -0.05) is 6.58 Å². The molecule has 9 heavy (non-hydrogen) atoms. The molecular formula is C5H7NO3. The third-order valence-electron chi connectivity index (χ3n) is 0.542. The van der Waals surface area contributed by atoms with Gasteiger partial charge in [0.2, 0.25) is 0 Å². The first kappa shape index (κ1) is 7.68. The van der Waals surface area contributed by atoms with Gasteiger partial charge in [-0.15, -0.1) is 0 Å². The van der Waals surface area contributed by atoms with Gasteiger partial charge in [0.25, 0.3) is 0 Å². The van der Waals surface area contributed by atoms with E-state index in [2.05, 4.69) is 17.0 Å². The lowest BCUT2D eigenvalue weighted by Crippen LogP contribution is -2.18. The van der Waals surface area contributed by atoms with Gasteiger partial charge >= 0.3 is 12.1 Å². The summed E-state index contributed by atoms with van der Waals surface area (Å²) in [5.41, 5.74) is 4.66. The van der Waals surface area contributed by atoms with Crippen molar-refractivity contribution in [3.8, 4) is 0 Å². The third kappa shape index (κ3) is 3.28. The van der Waals surface area contributed by atoms with Crippen molar-refractivity contribution in [3.63, 3.8) is 0 Å². The fraction of sp³-hybridized carbons (Fsp3) is 0.200. The molecule has 0 heterocycles. The SMILES string of the molecule is C=C(C)C(=O)OC(N)=O. The van der Waals surface area contributed by atoms with Crippen LogP contribution in [0.15, 0.2) is 12.2 Å². The number of esters is 1. The van der Waals surface area contributed by atoms with Crippen LogP contribution < -0.4 is 5.73 Å². The van der Waals surface area contributed by atoms with E-state index in [1.165, 1.54) is 6.92 Å². The highest BCUT2D eigenvalue weighted by Gasteiger charge is 2.05. The average Bonchev–Trinajstić information content (AvgIpc) is 1.63. The molecule has 0 aliphatic carbocycles. The lowest BCUT2D eigenvalue weighted by atomic mass is 10.4. The molecule has 1 amide bonds. The van der Waals surface area contributed by atoms with Gasteiger partial charge in [-0.25, -0.2) is 9.59 Å². The summed E-state index contributed by atoms with van der Waals surface area (Å²) in [6.45, 7) is 4.65. The van der Waals surface area contributed by atoms with Gasteiger partial charge in [0.1, 0.15) is 0 Å². The molecule has 0 bridgehead atoms. The molecule has 0 radical (unpaired) electrons. The monoisotopic (exact) mass is 129 g/mol. The zero-order valence-corrected chi connectivity index (χ0v) is 5.01. The van der Waals surface area contributed by atoms with Gasteiger partial charge < -0.3 is 10.5 Å². The smallest absolute Gasteiger partial charge is 0.373 e. The number of primary amides is 1. The molecule has 0 atom stereocenters. The van der Waals surface area contributed by atoms with Crippen LogP contribution in [0.2, 0.25) is 0 Å². The number of nitrogens with two attached hydrogens (primary N) is 1. The van der Waals surface area contributed by atoms with E-state index in [1.54, 1.807) is 0 Å². The molecule has 0 unspecified atom stereocenters. The quantitative estimate of drug-likeness (QED) is 0.312. The summed E-state index contributed by atoms with van der Waals surface area (Å²) >= 11 is 0. The van der Waals surface area contributed by atoms with Crippen molar-refractivity contribution >= 4 is 12.1 Å². The minimum Gasteiger partial charge on any atom is -0.373 e. The summed E-state index contributed by atoms with van der Waals surface area (Å²) < 4.78 is 3.91. The largest absolute Gasteiger partial charge is 0.412 e. The van der Waals surface area contributed by atoms with E-state index >= 15 is 0 Å². The van der Waals surface area contributed by atoms with Crippen LogP contribution >= 0.6 is 0 Å². The predicted octanol–water partition coefficient (Wildman–Crippen LogP) is 0.184. The summed E-state index contributed by atoms with van der Waals surface area (Å²) in [5, 5.41) is 0. The summed E-state index contributed by atoms with van der Waals surface area (Å²) in [5.74, 6) is -0.789. The second kappa shape index (κ2) is 2.86. The highest BCUT2D eigenvalue weighted by Crippen LogP contribution is 1.89. The standard InChI is InChI=1S/C5H7NO3/c1-3(2)4(7)9-5(6)8/h1H2,2H3,(H2,6,8). The van der Waals surface area contributed by atoms with E-state index in [-0.39, 0.29) is 5.57 Å². The van der Waals surface area contributed by atoms with Crippen molar-refractivity contribution in [2.75, 3.05) is 0 Å². The van der Waals surface area contributed by atoms with Gasteiger partial charge in [0.05, 0.1) is 0 Å². The van der Waals surface area contributed by atoms with E-state index in [1.807, 2.05) is 0 Å². The fourth-order valence-corrected chi connectivity index (χ4v) is 0.178. The molecular weight excluding hydrogens is 122 g/mol. The van der Waals surface area contributed by atoms with Crippen molar-refractivity contribution in [2.45, 2.75) is 6.92 Å². The molecule has 0 fully saturated rings. The van der Waals surface area contributed by atoms with Crippen LogP contribution in [0.1, 0.15) is 6.92 Å². The molecule has 0 aromatic rings. The number of carbonyl (C=O) groups is 2. The van der Waals surface area contributed by atoms with Crippen LogP contribution in [-0.4, -0.2) is 12.1 Å². The topological polar surface area (TPSA) is 69.4 Å². The summed E-state index contributed by atoms with van der Waals surface area (Å²) in [4.78, 5) is 20.2. The Hall–Kier alpha value is -1.32. The highest BCUT2D eigenvalue weighted by atomic mass is 16.6. The fourth-order valence-electron chi connectivity index (χ4n) is 0.178. The molecule has 2 N–H and O–H groups in total. The second-order valence-corrected chi connectivity index (χ2v) is 1.49. The Morgan fingerprint density at radius 3 is 2.11 bits per heavy atom. The number of carbonyl (C=O) groups excluding carboxylic acids is 2. The van der Waals surface area contributed by atoms with Crippen molar-refractivity contribution in [1.29, 1.82) is 0 Å². The number of hydrogen-bond donors (Lipinski definition) is 1. The average molecular weight is 129 g/mol. The van der Waals surface area contributed by atoms with Gasteiger partial charge in [-0.2, -0.15) is 0 Å². The Kier molecular flexibility index (Phi) is 2.44. The minimum absolute atomic E-state index is 0.147. The molecule has 0 aliphatic heterocycles. The molecule has 0 aromatic carbocycles. The van der Waals surface area contributed by atoms with E-state index in [9.17, 15) is 9.59 Å². The van der Waals surface area contributed by atoms with E-state index in [0.717, 1.165) is 0 Å². The van der Waals surface area contributed by atoms with Crippen LogP contribution in [0.5, 0.6) is 0 Å². The highest BCUT2D eigenvalue weighted by molar-refractivity contribution is 5.94. The molecule has 0 saturated carbocycles. The zero-order chi connectivity index (χ0) is 7.44. The Bertz CT molecular complexity index is 162. The van der Waals surface area contributed by atoms with Crippen molar-refractivity contribution in [3.05, 3.63) is 12.2 Å². The minimum atomic E-state index is -1.11. The van der Waals surface area contributed by atoms with Crippen molar-refractivity contribution in [2.24, 2.45) is 5.73 Å². The van der Waals surface area contributed by atoms with Gasteiger partial charge in [0.15, 0.2) is 0 Å². The van der Waals surface area contributed by atoms with E-state index in [0.29, 0.717) is 0 Å². The van der Waals surface area contributed by atoms with Crippen molar-refractivity contribution < 1.29 is 14.3 Å². The van der Waals surface area contributed by atoms with E-state index < -0.39 is 12.1 Å². The Balaban J connectivity index is 3.79. The van der Waals surface area contributed by atoms with Gasteiger partial charge in [0, 0.05) is 5.57 Å². The summed E-state index contributed by atoms with van der Waals surface area (Å²) in [6.07, 6.45) is -1.11. The van der Waals surface area contributed by atoms with Crippen molar-refractivity contribution in [1.82, 2.24) is 0 Å². The normalized spacial score (nSPS) is 8.11. The molecule has 50 valence electrons. The first-order valence-electron chi connectivity index (χ1n) is 2.21. The molecule has 0 rings (SSSR count). The first-order chi connectivity index (χ1) is 4.04. The third-order valence-corrected chi connectivity index (χ3v) is 0.542. The molecule has 0 saturated heterocycles. The lowest BCUT2D eigenvalue weighted by Gasteiger charge is -1.94. The first-order valence-corrected chi connectivity index (χ1v) is 2.21. The molecule has 4 heteroatoms. The maximum absolute atomic E-state index is 10.3. The Labute approximate surface area is 52.3 Å². The number of amides is 1. The van der Waals surface area contributed by atoms with Gasteiger partial charge in [-0.3, -0.25) is 0 Å². The zero-order valence-electron chi connectivity index (χ0n) is 5.01. The molecule has 0 aliphatic rings. The van der Waals surface area contributed by atoms with Crippen LogP contribution in [0.4, 0.5) is 4.79 Å². The lowest BCUT2D eigenvalue weighted by molar-refractivity contribution is -0.132. The van der Waals surface area contributed by atoms with Crippen LogP contribution in [0.25, 0.3) is 0 Å². The number of rotatable bonds is 1. The maximum atomic E-state index is 10.3. The predicted molar refractivity (Wildman–Crippen MR) is 30.5 cm³/mol. The van der Waals surface area contributed by atoms with E-state index in [4.69, 9.17) is 0 Å².